The van der Waals surface area contributed by atoms with E-state index in [9.17, 15) is 18.0 Å². The number of halogens is 3. The van der Waals surface area contributed by atoms with Crippen molar-refractivity contribution in [3.8, 4) is 0 Å². The van der Waals surface area contributed by atoms with E-state index in [-0.39, 0.29) is 5.91 Å². The number of alkyl halides is 3. The number of anilines is 1. The quantitative estimate of drug-likeness (QED) is 0.349. The molecule has 0 spiro atoms. The van der Waals surface area contributed by atoms with Crippen LogP contribution in [0.25, 0.3) is 6.08 Å². The lowest BCUT2D eigenvalue weighted by atomic mass is 10.1. The van der Waals surface area contributed by atoms with Crippen LogP contribution in [0.1, 0.15) is 28.5 Å². The van der Waals surface area contributed by atoms with E-state index in [4.69, 9.17) is 0 Å². The third-order valence-corrected chi connectivity index (χ3v) is 8.10. The molecule has 1 amide bonds. The average molecular weight is 539 g/mol. The van der Waals surface area contributed by atoms with Gasteiger partial charge < -0.3 is 9.80 Å². The summed E-state index contributed by atoms with van der Waals surface area (Å²) in [5.41, 5.74) is 0.673. The number of rotatable bonds is 7. The van der Waals surface area contributed by atoms with Gasteiger partial charge in [-0.2, -0.15) is 13.2 Å². The SMILES string of the molecule is O=C1C(=Cc2ccccc2)SC(c2cccc(C(F)(F)F)c2)N1CCCN1CCN(c2ccccn2)CC1. The van der Waals surface area contributed by atoms with Crippen LogP contribution in [0.5, 0.6) is 0 Å². The van der Waals surface area contributed by atoms with Crippen LogP contribution in [0.4, 0.5) is 19.0 Å². The average Bonchev–Trinajstić information content (AvgIpc) is 3.24. The van der Waals surface area contributed by atoms with Gasteiger partial charge in [0.2, 0.25) is 0 Å². The van der Waals surface area contributed by atoms with Crippen LogP contribution in [0.3, 0.4) is 0 Å². The molecule has 1 aromatic heterocycles. The van der Waals surface area contributed by atoms with Crippen molar-refractivity contribution in [2.45, 2.75) is 18.0 Å². The summed E-state index contributed by atoms with van der Waals surface area (Å²) in [5.74, 6) is 0.842. The van der Waals surface area contributed by atoms with Gasteiger partial charge in [0.25, 0.3) is 5.91 Å². The zero-order valence-electron chi connectivity index (χ0n) is 20.8. The van der Waals surface area contributed by atoms with Crippen molar-refractivity contribution >= 4 is 29.6 Å². The lowest BCUT2D eigenvalue weighted by molar-refractivity contribution is -0.137. The van der Waals surface area contributed by atoms with Crippen LogP contribution in [0.2, 0.25) is 0 Å². The number of hydrogen-bond donors (Lipinski definition) is 0. The fourth-order valence-corrected chi connectivity index (χ4v) is 6.09. The smallest absolute Gasteiger partial charge is 0.354 e. The topological polar surface area (TPSA) is 39.7 Å². The molecule has 9 heteroatoms. The van der Waals surface area contributed by atoms with Crippen LogP contribution in [0, 0.1) is 0 Å². The summed E-state index contributed by atoms with van der Waals surface area (Å²) in [7, 11) is 0. The maximum atomic E-state index is 13.4. The summed E-state index contributed by atoms with van der Waals surface area (Å²) < 4.78 is 40.3. The minimum Gasteiger partial charge on any atom is -0.354 e. The second kappa shape index (κ2) is 11.6. The molecule has 3 heterocycles. The highest BCUT2D eigenvalue weighted by atomic mass is 32.2. The normalized spacial score (nSPS) is 19.9. The largest absolute Gasteiger partial charge is 0.416 e. The molecule has 0 bridgehead atoms. The van der Waals surface area contributed by atoms with Crippen LogP contribution in [0.15, 0.2) is 83.9 Å². The number of piperazine rings is 1. The highest BCUT2D eigenvalue weighted by Gasteiger charge is 2.38. The van der Waals surface area contributed by atoms with E-state index in [2.05, 4.69) is 14.8 Å². The fourth-order valence-electron chi connectivity index (χ4n) is 4.82. The molecular weight excluding hydrogens is 509 g/mol. The summed E-state index contributed by atoms with van der Waals surface area (Å²) in [6.45, 7) is 4.85. The van der Waals surface area contributed by atoms with Crippen LogP contribution in [-0.2, 0) is 11.0 Å². The third kappa shape index (κ3) is 6.22. The summed E-state index contributed by atoms with van der Waals surface area (Å²) in [4.78, 5) is 24.8. The first-order valence-corrected chi connectivity index (χ1v) is 13.6. The van der Waals surface area contributed by atoms with Crippen molar-refractivity contribution in [2.75, 3.05) is 44.2 Å². The van der Waals surface area contributed by atoms with E-state index in [1.807, 2.05) is 54.6 Å². The lowest BCUT2D eigenvalue weighted by Gasteiger charge is -2.35. The van der Waals surface area contributed by atoms with Crippen molar-refractivity contribution in [3.05, 3.63) is 101 Å². The van der Waals surface area contributed by atoms with Crippen molar-refractivity contribution in [1.82, 2.24) is 14.8 Å². The van der Waals surface area contributed by atoms with Crippen LogP contribution < -0.4 is 4.90 Å². The van der Waals surface area contributed by atoms with Gasteiger partial charge in [-0.3, -0.25) is 9.69 Å². The van der Waals surface area contributed by atoms with E-state index in [0.29, 0.717) is 17.0 Å². The van der Waals surface area contributed by atoms with Gasteiger partial charge in [0, 0.05) is 38.9 Å². The Balaban J connectivity index is 1.27. The predicted octanol–water partition coefficient (Wildman–Crippen LogP) is 5.93. The summed E-state index contributed by atoms with van der Waals surface area (Å²) in [6.07, 6.45) is -0.0727. The minimum absolute atomic E-state index is 0.138. The second-order valence-electron chi connectivity index (χ2n) is 9.38. The molecule has 1 unspecified atom stereocenters. The number of nitrogens with zero attached hydrogens (tertiary/aromatic N) is 4. The molecule has 1 atom stereocenters. The monoisotopic (exact) mass is 538 g/mol. The zero-order valence-corrected chi connectivity index (χ0v) is 21.7. The molecule has 0 saturated carbocycles. The molecule has 2 aliphatic rings. The number of carbonyl (C=O) groups excluding carboxylic acids is 1. The Hall–Kier alpha value is -3.30. The number of aromatic nitrogens is 1. The van der Waals surface area contributed by atoms with E-state index in [0.717, 1.165) is 56.6 Å². The number of amides is 1. The number of carbonyl (C=O) groups is 1. The van der Waals surface area contributed by atoms with Crippen molar-refractivity contribution in [2.24, 2.45) is 0 Å². The molecule has 2 aromatic carbocycles. The number of hydrogen-bond acceptors (Lipinski definition) is 5. The molecule has 2 saturated heterocycles. The molecule has 5 nitrogen and oxygen atoms in total. The van der Waals surface area contributed by atoms with Gasteiger partial charge in [0.05, 0.1) is 10.5 Å². The molecule has 0 aliphatic carbocycles. The van der Waals surface area contributed by atoms with E-state index >= 15 is 0 Å². The Kier molecular flexibility index (Phi) is 8.04. The molecule has 0 radical (unpaired) electrons. The fraction of sp³-hybridized carbons (Fsp3) is 0.310. The first-order chi connectivity index (χ1) is 18.4. The van der Waals surface area contributed by atoms with Crippen molar-refractivity contribution in [1.29, 1.82) is 0 Å². The maximum Gasteiger partial charge on any atom is 0.416 e. The number of benzene rings is 2. The predicted molar refractivity (Wildman–Crippen MR) is 145 cm³/mol. The van der Waals surface area contributed by atoms with Gasteiger partial charge in [-0.25, -0.2) is 4.98 Å². The Labute approximate surface area is 225 Å². The van der Waals surface area contributed by atoms with E-state index in [1.165, 1.54) is 23.9 Å². The summed E-state index contributed by atoms with van der Waals surface area (Å²) in [5, 5.41) is -0.499. The van der Waals surface area contributed by atoms with Gasteiger partial charge in [0.15, 0.2) is 0 Å². The maximum absolute atomic E-state index is 13.4. The van der Waals surface area contributed by atoms with Gasteiger partial charge in [-0.1, -0.05) is 60.3 Å². The molecule has 38 heavy (non-hydrogen) atoms. The second-order valence-corrected chi connectivity index (χ2v) is 10.5. The Morgan fingerprint density at radius 2 is 1.68 bits per heavy atom. The molecular formula is C29H29F3N4OS. The summed E-state index contributed by atoms with van der Waals surface area (Å²) >= 11 is 1.32. The molecule has 3 aromatic rings. The molecule has 0 N–H and O–H groups in total. The molecule has 198 valence electrons. The Morgan fingerprint density at radius 1 is 0.921 bits per heavy atom. The number of thioether (sulfide) groups is 1. The van der Waals surface area contributed by atoms with Crippen LogP contribution in [-0.4, -0.2) is 60.0 Å². The van der Waals surface area contributed by atoms with Crippen LogP contribution >= 0.6 is 11.8 Å². The first kappa shape index (κ1) is 26.3. The standard InChI is InChI=1S/C29H29F3N4OS/c30-29(31,32)24-11-6-10-23(21-24)28-36(27(37)25(38-28)20-22-8-2-1-3-9-22)15-7-14-34-16-18-35(19-17-34)26-12-4-5-13-33-26/h1-6,8-13,20-21,28H,7,14-19H2. The molecule has 2 aliphatic heterocycles. The van der Waals surface area contributed by atoms with Gasteiger partial charge >= 0.3 is 6.18 Å². The zero-order chi connectivity index (χ0) is 26.5. The first-order valence-electron chi connectivity index (χ1n) is 12.7. The summed E-state index contributed by atoms with van der Waals surface area (Å²) in [6, 6.07) is 20.8. The number of pyridine rings is 1. The highest BCUT2D eigenvalue weighted by molar-refractivity contribution is 8.04. The van der Waals surface area contributed by atoms with E-state index in [1.54, 1.807) is 17.2 Å². The lowest BCUT2D eigenvalue weighted by Crippen LogP contribution is -2.47. The molecule has 2 fully saturated rings. The molecule has 5 rings (SSSR count). The van der Waals surface area contributed by atoms with Gasteiger partial charge in [0.1, 0.15) is 11.2 Å². The Bertz CT molecular complexity index is 1260. The van der Waals surface area contributed by atoms with Gasteiger partial charge in [-0.05, 0) is 54.4 Å². The third-order valence-electron chi connectivity index (χ3n) is 6.81. The van der Waals surface area contributed by atoms with Crippen molar-refractivity contribution < 1.29 is 18.0 Å². The highest BCUT2D eigenvalue weighted by Crippen LogP contribution is 2.47. The van der Waals surface area contributed by atoms with E-state index < -0.39 is 17.1 Å². The van der Waals surface area contributed by atoms with Gasteiger partial charge in [-0.15, -0.1) is 0 Å². The van der Waals surface area contributed by atoms with Crippen molar-refractivity contribution in [3.63, 3.8) is 0 Å². The minimum atomic E-state index is -4.44. The Morgan fingerprint density at radius 3 is 2.39 bits per heavy atom.